The van der Waals surface area contributed by atoms with Crippen molar-refractivity contribution in [3.63, 3.8) is 0 Å². The van der Waals surface area contributed by atoms with Crippen LogP contribution in [0.3, 0.4) is 0 Å². The van der Waals surface area contributed by atoms with Crippen LogP contribution in [-0.2, 0) is 10.8 Å². The molecule has 0 spiro atoms. The molecule has 13 heavy (non-hydrogen) atoms. The quantitative estimate of drug-likeness (QED) is 0.596. The summed E-state index contributed by atoms with van der Waals surface area (Å²) in [5.41, 5.74) is 0. The molecule has 0 aromatic heterocycles. The predicted octanol–water partition coefficient (Wildman–Crippen LogP) is -1.37. The average molecular weight is 206 g/mol. The van der Waals surface area contributed by atoms with Crippen LogP contribution in [0.5, 0.6) is 0 Å². The van der Waals surface area contributed by atoms with E-state index in [9.17, 15) is 9.32 Å². The summed E-state index contributed by atoms with van der Waals surface area (Å²) in [6.45, 7) is 3.03. The summed E-state index contributed by atoms with van der Waals surface area (Å²) in [7, 11) is 1.21. The minimum atomic E-state index is -0.618. The lowest BCUT2D eigenvalue weighted by Gasteiger charge is -2.27. The Balaban J connectivity index is 2.18. The van der Waals surface area contributed by atoms with Gasteiger partial charge in [-0.25, -0.2) is 0 Å². The number of likely N-dealkylation sites (N-methyl/N-ethyl adjacent to an activating group) is 1. The van der Waals surface area contributed by atoms with Crippen LogP contribution >= 0.6 is 0 Å². The molecule has 0 radical (unpaired) electrons. The van der Waals surface area contributed by atoms with Gasteiger partial charge in [-0.1, -0.05) is 0 Å². The van der Waals surface area contributed by atoms with Gasteiger partial charge in [-0.2, -0.15) is 0 Å². The van der Waals surface area contributed by atoms with Gasteiger partial charge in [0.1, 0.15) is 0 Å². The Morgan fingerprint density at radius 1 is 1.54 bits per heavy atom. The molecule has 0 bridgehead atoms. The molecule has 1 fully saturated rings. The van der Waals surface area contributed by atoms with Crippen LogP contribution in [0.15, 0.2) is 0 Å². The van der Waals surface area contributed by atoms with Crippen LogP contribution in [0.4, 0.5) is 0 Å². The molecule has 0 saturated carbocycles. The first kappa shape index (κ1) is 11.1. The summed E-state index contributed by atoms with van der Waals surface area (Å²) in [5.74, 6) is 1.51. The number of hydrogen-bond donors (Lipinski definition) is 2. The van der Waals surface area contributed by atoms with Gasteiger partial charge in [0.25, 0.3) is 0 Å². The topological polar surface area (TPSA) is 52.6 Å². The van der Waals surface area contributed by atoms with Crippen molar-refractivity contribution in [2.75, 3.05) is 44.7 Å². The van der Waals surface area contributed by atoms with Gasteiger partial charge in [0.15, 0.2) is 0 Å². The Labute approximate surface area is 81.8 Å². The molecule has 5 heteroatoms. The molecule has 78 valence electrons. The molecule has 0 aromatic rings. The standard InChI is InChI=1S/C8H18N2O2S/c1-9-6-8(11)7-10-2-4-13(12)5-3-10/h8-9,11H,2-7H2,1H3. The highest BCUT2D eigenvalue weighted by atomic mass is 32.2. The lowest BCUT2D eigenvalue weighted by molar-refractivity contribution is 0.118. The summed E-state index contributed by atoms with van der Waals surface area (Å²) in [6.07, 6.45) is -0.309. The second-order valence-electron chi connectivity index (χ2n) is 3.36. The first-order valence-corrected chi connectivity index (χ1v) is 6.11. The highest BCUT2D eigenvalue weighted by Crippen LogP contribution is 2.00. The Morgan fingerprint density at radius 2 is 2.15 bits per heavy atom. The smallest absolute Gasteiger partial charge is 0.0791 e. The molecule has 1 aliphatic heterocycles. The fourth-order valence-electron chi connectivity index (χ4n) is 1.46. The van der Waals surface area contributed by atoms with E-state index in [0.29, 0.717) is 13.1 Å². The van der Waals surface area contributed by atoms with Crippen LogP contribution in [-0.4, -0.2) is 65.1 Å². The summed E-state index contributed by atoms with van der Waals surface area (Å²) in [6, 6.07) is 0. The van der Waals surface area contributed by atoms with Crippen molar-refractivity contribution in [1.82, 2.24) is 10.2 Å². The molecule has 4 nitrogen and oxygen atoms in total. The van der Waals surface area contributed by atoms with E-state index in [1.807, 2.05) is 7.05 Å². The Hall–Kier alpha value is 0.0300. The third-order valence-electron chi connectivity index (χ3n) is 2.18. The lowest BCUT2D eigenvalue weighted by Crippen LogP contribution is -2.44. The second kappa shape index (κ2) is 5.70. The number of nitrogens with one attached hydrogen (secondary N) is 1. The first-order chi connectivity index (χ1) is 6.22. The minimum Gasteiger partial charge on any atom is -0.390 e. The fraction of sp³-hybridized carbons (Fsp3) is 1.00. The molecule has 1 rings (SSSR count). The van der Waals surface area contributed by atoms with E-state index < -0.39 is 10.8 Å². The van der Waals surface area contributed by atoms with Crippen molar-refractivity contribution in [1.29, 1.82) is 0 Å². The number of hydrogen-bond acceptors (Lipinski definition) is 4. The van der Waals surface area contributed by atoms with Crippen LogP contribution in [0, 0.1) is 0 Å². The number of aliphatic hydroxyl groups is 1. The van der Waals surface area contributed by atoms with Gasteiger partial charge in [-0.3, -0.25) is 9.11 Å². The van der Waals surface area contributed by atoms with Crippen molar-refractivity contribution in [2.24, 2.45) is 0 Å². The molecule has 0 aromatic carbocycles. The summed E-state index contributed by atoms with van der Waals surface area (Å²) in [4.78, 5) is 2.17. The number of aliphatic hydroxyl groups excluding tert-OH is 1. The molecule has 1 heterocycles. The van der Waals surface area contributed by atoms with Gasteiger partial charge in [-0.05, 0) is 7.05 Å². The predicted molar refractivity (Wildman–Crippen MR) is 54.2 cm³/mol. The van der Waals surface area contributed by atoms with E-state index in [0.717, 1.165) is 24.6 Å². The summed E-state index contributed by atoms with van der Waals surface area (Å²) < 4.78 is 11.0. The van der Waals surface area contributed by atoms with Crippen molar-refractivity contribution < 1.29 is 9.32 Å². The molecule has 2 N–H and O–H groups in total. The van der Waals surface area contributed by atoms with Crippen LogP contribution in [0.1, 0.15) is 0 Å². The normalized spacial score (nSPS) is 23.2. The zero-order chi connectivity index (χ0) is 9.68. The highest BCUT2D eigenvalue weighted by Gasteiger charge is 2.17. The summed E-state index contributed by atoms with van der Waals surface area (Å²) >= 11 is 0. The van der Waals surface area contributed by atoms with Crippen molar-refractivity contribution in [3.8, 4) is 0 Å². The van der Waals surface area contributed by atoms with Crippen molar-refractivity contribution in [2.45, 2.75) is 6.10 Å². The maximum atomic E-state index is 11.0. The number of nitrogens with zero attached hydrogens (tertiary/aromatic N) is 1. The Morgan fingerprint density at radius 3 is 2.69 bits per heavy atom. The van der Waals surface area contributed by atoms with E-state index in [4.69, 9.17) is 0 Å². The third kappa shape index (κ3) is 4.17. The molecule has 0 amide bonds. The zero-order valence-corrected chi connectivity index (χ0v) is 8.85. The van der Waals surface area contributed by atoms with E-state index in [1.54, 1.807) is 0 Å². The lowest BCUT2D eigenvalue weighted by atomic mass is 10.3. The van der Waals surface area contributed by atoms with Crippen molar-refractivity contribution >= 4 is 10.8 Å². The van der Waals surface area contributed by atoms with Crippen LogP contribution in [0.25, 0.3) is 0 Å². The molecule has 1 aliphatic rings. The maximum absolute atomic E-state index is 11.0. The van der Waals surface area contributed by atoms with Gasteiger partial charge in [0.05, 0.1) is 6.10 Å². The molecule has 1 saturated heterocycles. The van der Waals surface area contributed by atoms with E-state index >= 15 is 0 Å². The zero-order valence-electron chi connectivity index (χ0n) is 8.03. The van der Waals surface area contributed by atoms with Crippen LogP contribution < -0.4 is 5.32 Å². The SMILES string of the molecule is CNCC(O)CN1CCS(=O)CC1. The largest absolute Gasteiger partial charge is 0.390 e. The van der Waals surface area contributed by atoms with Crippen molar-refractivity contribution in [3.05, 3.63) is 0 Å². The monoisotopic (exact) mass is 206 g/mol. The summed E-state index contributed by atoms with van der Waals surface area (Å²) in [5, 5.41) is 12.4. The molecular formula is C8H18N2O2S. The van der Waals surface area contributed by atoms with Gasteiger partial charge in [0, 0.05) is 48.5 Å². The Kier molecular flexibility index (Phi) is 4.87. The van der Waals surface area contributed by atoms with E-state index in [-0.39, 0.29) is 6.10 Å². The van der Waals surface area contributed by atoms with E-state index in [1.165, 1.54) is 0 Å². The first-order valence-electron chi connectivity index (χ1n) is 4.62. The minimum absolute atomic E-state index is 0.309. The number of β-amino-alcohol motifs (C(OH)–C–C–N with tert-alkyl or cyclic N) is 1. The maximum Gasteiger partial charge on any atom is 0.0791 e. The van der Waals surface area contributed by atoms with E-state index in [2.05, 4.69) is 10.2 Å². The molecular weight excluding hydrogens is 188 g/mol. The van der Waals surface area contributed by atoms with Gasteiger partial charge in [-0.15, -0.1) is 0 Å². The molecule has 1 unspecified atom stereocenters. The second-order valence-corrected chi connectivity index (χ2v) is 5.06. The average Bonchev–Trinajstić information content (AvgIpc) is 2.09. The highest BCUT2D eigenvalue weighted by molar-refractivity contribution is 7.85. The Bertz CT molecular complexity index is 168. The van der Waals surface area contributed by atoms with Crippen LogP contribution in [0.2, 0.25) is 0 Å². The van der Waals surface area contributed by atoms with Gasteiger partial charge < -0.3 is 10.4 Å². The molecule has 1 atom stereocenters. The third-order valence-corrected chi connectivity index (χ3v) is 3.45. The number of rotatable bonds is 4. The van der Waals surface area contributed by atoms with Gasteiger partial charge in [0.2, 0.25) is 0 Å². The molecule has 0 aliphatic carbocycles. The van der Waals surface area contributed by atoms with Gasteiger partial charge >= 0.3 is 0 Å². The fourth-order valence-corrected chi connectivity index (χ4v) is 2.58.